The van der Waals surface area contributed by atoms with Crippen molar-refractivity contribution < 1.29 is 12.8 Å². The summed E-state index contributed by atoms with van der Waals surface area (Å²) in [5, 5.41) is 0.448. The van der Waals surface area contributed by atoms with Gasteiger partial charge in [-0.3, -0.25) is 13.9 Å². The van der Waals surface area contributed by atoms with Crippen molar-refractivity contribution in [2.45, 2.75) is 15.5 Å². The number of fused-ring (bicyclic) bond motifs is 1. The van der Waals surface area contributed by atoms with Crippen molar-refractivity contribution in [3.63, 3.8) is 0 Å². The smallest absolute Gasteiger partial charge is 0.328 e. The Bertz CT molecular complexity index is 1370. The summed E-state index contributed by atoms with van der Waals surface area (Å²) in [5.41, 5.74) is 1.53. The summed E-state index contributed by atoms with van der Waals surface area (Å²) in [7, 11) is -0.515. The fraction of sp³-hybridized carbons (Fsp3) is 0.150. The summed E-state index contributed by atoms with van der Waals surface area (Å²) in [6.07, 6.45) is 1.59. The molecule has 0 aliphatic carbocycles. The maximum Gasteiger partial charge on any atom is 0.328 e. The molecule has 0 aliphatic heterocycles. The normalized spacial score (nSPS) is 11.8. The molecule has 0 aliphatic rings. The quantitative estimate of drug-likeness (QED) is 0.433. The second kappa shape index (κ2) is 7.90. The molecule has 0 amide bonds. The summed E-state index contributed by atoms with van der Waals surface area (Å²) in [6.45, 7) is 0. The molecule has 0 bridgehead atoms. The van der Waals surface area contributed by atoms with E-state index in [1.165, 1.54) is 45.2 Å². The topological polar surface area (TPSA) is 86.2 Å². The highest BCUT2D eigenvalue weighted by Crippen LogP contribution is 2.35. The maximum absolute atomic E-state index is 12.9. The van der Waals surface area contributed by atoms with Crippen molar-refractivity contribution in [3.8, 4) is 0 Å². The van der Waals surface area contributed by atoms with E-state index in [1.807, 2.05) is 12.1 Å². The zero-order chi connectivity index (χ0) is 21.5. The van der Waals surface area contributed by atoms with E-state index in [1.54, 1.807) is 32.5 Å². The summed E-state index contributed by atoms with van der Waals surface area (Å²) in [6, 6.07) is 13.1. The third kappa shape index (κ3) is 3.88. The minimum Gasteiger partial charge on any atom is -0.468 e. The molecule has 0 saturated carbocycles. The van der Waals surface area contributed by atoms with Crippen LogP contribution < -0.4 is 10.4 Å². The molecule has 0 radical (unpaired) electrons. The molecular formula is C20H18ClN3O4S2. The Balaban J connectivity index is 1.79. The molecule has 0 fully saturated rings. The van der Waals surface area contributed by atoms with Crippen LogP contribution in [0, 0.1) is 0 Å². The molecule has 0 atom stereocenters. The van der Waals surface area contributed by atoms with Crippen LogP contribution in [0.5, 0.6) is 0 Å². The number of imidazole rings is 1. The van der Waals surface area contributed by atoms with Gasteiger partial charge in [-0.05, 0) is 48.5 Å². The van der Waals surface area contributed by atoms with Crippen molar-refractivity contribution in [2.24, 2.45) is 14.1 Å². The van der Waals surface area contributed by atoms with Crippen molar-refractivity contribution in [1.29, 1.82) is 0 Å². The highest BCUT2D eigenvalue weighted by Gasteiger charge is 2.19. The highest BCUT2D eigenvalue weighted by molar-refractivity contribution is 7.98. The van der Waals surface area contributed by atoms with Gasteiger partial charge in [0, 0.05) is 24.0 Å². The first-order valence-electron chi connectivity index (χ1n) is 8.89. The van der Waals surface area contributed by atoms with E-state index in [2.05, 4.69) is 4.72 Å². The van der Waals surface area contributed by atoms with Crippen LogP contribution in [0.4, 0.5) is 5.69 Å². The molecule has 30 heavy (non-hydrogen) atoms. The predicted octanol–water partition coefficient (Wildman–Crippen LogP) is 4.22. The average molecular weight is 464 g/mol. The molecule has 4 aromatic rings. The van der Waals surface area contributed by atoms with Crippen molar-refractivity contribution >= 4 is 50.1 Å². The van der Waals surface area contributed by atoms with E-state index in [-0.39, 0.29) is 10.6 Å². The van der Waals surface area contributed by atoms with Gasteiger partial charge < -0.3 is 4.42 Å². The maximum atomic E-state index is 12.9. The number of aromatic nitrogens is 2. The zero-order valence-electron chi connectivity index (χ0n) is 16.1. The SMILES string of the molecule is Cn1c(=O)n(C)c2cc(SCc3ccco3)c(NS(=O)(=O)c3ccc(Cl)cc3)cc21. The van der Waals surface area contributed by atoms with Crippen molar-refractivity contribution in [2.75, 3.05) is 4.72 Å². The molecule has 156 valence electrons. The lowest BCUT2D eigenvalue weighted by Crippen LogP contribution is -2.19. The Morgan fingerprint density at radius 1 is 1.07 bits per heavy atom. The molecule has 7 nitrogen and oxygen atoms in total. The van der Waals surface area contributed by atoms with Crippen LogP contribution in [0.2, 0.25) is 5.02 Å². The van der Waals surface area contributed by atoms with E-state index < -0.39 is 10.0 Å². The van der Waals surface area contributed by atoms with E-state index in [0.717, 1.165) is 5.76 Å². The van der Waals surface area contributed by atoms with Crippen LogP contribution in [0.25, 0.3) is 11.0 Å². The van der Waals surface area contributed by atoms with Gasteiger partial charge in [0.1, 0.15) is 5.76 Å². The average Bonchev–Trinajstić information content (AvgIpc) is 3.30. The number of sulfonamides is 1. The summed E-state index contributed by atoms with van der Waals surface area (Å²) in [5.74, 6) is 1.27. The molecule has 4 rings (SSSR count). The van der Waals surface area contributed by atoms with Gasteiger partial charge >= 0.3 is 5.69 Å². The van der Waals surface area contributed by atoms with E-state index >= 15 is 0 Å². The van der Waals surface area contributed by atoms with Crippen LogP contribution in [0.1, 0.15) is 5.76 Å². The number of halogens is 1. The summed E-state index contributed by atoms with van der Waals surface area (Å²) in [4.78, 5) is 13.1. The lowest BCUT2D eigenvalue weighted by Gasteiger charge is -2.13. The number of hydrogen-bond acceptors (Lipinski definition) is 5. The fourth-order valence-electron chi connectivity index (χ4n) is 3.09. The number of nitrogens with one attached hydrogen (secondary N) is 1. The Morgan fingerprint density at radius 2 is 1.73 bits per heavy atom. The number of anilines is 1. The van der Waals surface area contributed by atoms with Gasteiger partial charge in [-0.15, -0.1) is 11.8 Å². The predicted molar refractivity (Wildman–Crippen MR) is 119 cm³/mol. The van der Waals surface area contributed by atoms with Gasteiger partial charge in [0.15, 0.2) is 0 Å². The fourth-order valence-corrected chi connectivity index (χ4v) is 5.27. The molecule has 1 N–H and O–H groups in total. The first-order valence-corrected chi connectivity index (χ1v) is 11.7. The van der Waals surface area contributed by atoms with Crippen LogP contribution in [-0.4, -0.2) is 17.6 Å². The second-order valence-electron chi connectivity index (χ2n) is 6.67. The molecule has 2 heterocycles. The van der Waals surface area contributed by atoms with E-state index in [9.17, 15) is 13.2 Å². The third-order valence-corrected chi connectivity index (χ3v) is 7.40. The molecule has 0 spiro atoms. The van der Waals surface area contributed by atoms with Gasteiger partial charge in [0.25, 0.3) is 10.0 Å². The van der Waals surface area contributed by atoms with Crippen molar-refractivity contribution in [1.82, 2.24) is 9.13 Å². The zero-order valence-corrected chi connectivity index (χ0v) is 18.5. The number of benzene rings is 2. The summed E-state index contributed by atoms with van der Waals surface area (Å²) < 4.78 is 36.9. The number of hydrogen-bond donors (Lipinski definition) is 1. The molecule has 0 saturated heterocycles. The standard InChI is InChI=1S/C20H18ClN3O4S2/c1-23-17-10-16(22-30(26,27)15-7-5-13(21)6-8-15)19(11-18(17)24(2)20(23)25)29-12-14-4-3-9-28-14/h3-11,22H,12H2,1-2H3. The highest BCUT2D eigenvalue weighted by atomic mass is 35.5. The van der Waals surface area contributed by atoms with Gasteiger partial charge in [-0.2, -0.15) is 0 Å². The molecule has 0 unspecified atom stereocenters. The first kappa shape index (κ1) is 20.6. The van der Waals surface area contributed by atoms with Crippen LogP contribution in [-0.2, 0) is 29.9 Å². The Morgan fingerprint density at radius 3 is 2.37 bits per heavy atom. The number of furan rings is 1. The molecule has 10 heteroatoms. The Hall–Kier alpha value is -2.62. The molecule has 2 aromatic heterocycles. The van der Waals surface area contributed by atoms with E-state index in [0.29, 0.717) is 32.4 Å². The minimum atomic E-state index is -3.85. The van der Waals surface area contributed by atoms with Crippen molar-refractivity contribution in [3.05, 3.63) is 76.1 Å². The lowest BCUT2D eigenvalue weighted by atomic mass is 10.3. The third-order valence-electron chi connectivity index (χ3n) is 4.69. The second-order valence-corrected chi connectivity index (χ2v) is 9.80. The van der Waals surface area contributed by atoms with E-state index in [4.69, 9.17) is 16.0 Å². The van der Waals surface area contributed by atoms with Gasteiger partial charge in [-0.1, -0.05) is 11.6 Å². The van der Waals surface area contributed by atoms with Crippen LogP contribution in [0.3, 0.4) is 0 Å². The lowest BCUT2D eigenvalue weighted by molar-refractivity contribution is 0.530. The minimum absolute atomic E-state index is 0.0935. The monoisotopic (exact) mass is 463 g/mol. The van der Waals surface area contributed by atoms with Gasteiger partial charge in [0.2, 0.25) is 0 Å². The number of rotatable bonds is 6. The number of aryl methyl sites for hydroxylation is 2. The molecular weight excluding hydrogens is 446 g/mol. The van der Waals surface area contributed by atoms with Crippen LogP contribution >= 0.6 is 23.4 Å². The van der Waals surface area contributed by atoms with Gasteiger partial charge in [0.05, 0.1) is 33.6 Å². The molecule has 2 aromatic carbocycles. The van der Waals surface area contributed by atoms with Crippen LogP contribution in [0.15, 0.2) is 73.8 Å². The first-order chi connectivity index (χ1) is 14.3. The Kier molecular flexibility index (Phi) is 5.44. The van der Waals surface area contributed by atoms with Gasteiger partial charge in [-0.25, -0.2) is 13.2 Å². The Labute approximate surface area is 182 Å². The number of thioether (sulfide) groups is 1. The largest absolute Gasteiger partial charge is 0.468 e. The number of nitrogens with zero attached hydrogens (tertiary/aromatic N) is 2. The summed E-state index contributed by atoms with van der Waals surface area (Å²) >= 11 is 7.29.